The molecule has 0 bridgehead atoms. The predicted octanol–water partition coefficient (Wildman–Crippen LogP) is 3.05. The summed E-state index contributed by atoms with van der Waals surface area (Å²) in [6.45, 7) is 5.68. The molecule has 0 saturated heterocycles. The van der Waals surface area contributed by atoms with Gasteiger partial charge < -0.3 is 5.11 Å². The van der Waals surface area contributed by atoms with Crippen molar-refractivity contribution >= 4 is 0 Å². The molecule has 102 valence electrons. The highest BCUT2D eigenvalue weighted by Crippen LogP contribution is 2.27. The minimum atomic E-state index is -1.26. The maximum Gasteiger partial charge on any atom is 0.129 e. The van der Waals surface area contributed by atoms with E-state index in [1.807, 2.05) is 30.8 Å². The van der Waals surface area contributed by atoms with Crippen LogP contribution in [0.15, 0.2) is 36.5 Å². The molecule has 0 saturated carbocycles. The molecular weight excluding hydrogens is 243 g/mol. The van der Waals surface area contributed by atoms with Gasteiger partial charge in [0.2, 0.25) is 0 Å². The van der Waals surface area contributed by atoms with E-state index in [9.17, 15) is 9.50 Å². The second-order valence-corrected chi connectivity index (χ2v) is 5.31. The SMILES string of the molecule is CC(C)n1ccc(CC(C)(O)c2ccccc2F)n1. The molecule has 1 unspecified atom stereocenters. The van der Waals surface area contributed by atoms with E-state index in [4.69, 9.17) is 0 Å². The Kier molecular flexibility index (Phi) is 3.71. The second kappa shape index (κ2) is 5.13. The molecule has 2 rings (SSSR count). The minimum Gasteiger partial charge on any atom is -0.385 e. The Morgan fingerprint density at radius 1 is 1.32 bits per heavy atom. The van der Waals surface area contributed by atoms with E-state index in [2.05, 4.69) is 5.10 Å². The summed E-state index contributed by atoms with van der Waals surface area (Å²) < 4.78 is 15.6. The zero-order valence-corrected chi connectivity index (χ0v) is 11.5. The van der Waals surface area contributed by atoms with Gasteiger partial charge in [0.05, 0.1) is 11.3 Å². The Balaban J connectivity index is 2.23. The zero-order chi connectivity index (χ0) is 14.0. The smallest absolute Gasteiger partial charge is 0.129 e. The molecule has 0 aliphatic heterocycles. The number of aromatic nitrogens is 2. The van der Waals surface area contributed by atoms with Gasteiger partial charge in [-0.2, -0.15) is 5.10 Å². The lowest BCUT2D eigenvalue weighted by Crippen LogP contribution is -2.26. The van der Waals surface area contributed by atoms with Crippen LogP contribution >= 0.6 is 0 Å². The quantitative estimate of drug-likeness (QED) is 0.919. The van der Waals surface area contributed by atoms with Crippen LogP contribution in [0.5, 0.6) is 0 Å². The lowest BCUT2D eigenvalue weighted by Gasteiger charge is -2.23. The van der Waals surface area contributed by atoms with Gasteiger partial charge in [-0.25, -0.2) is 4.39 Å². The monoisotopic (exact) mass is 262 g/mol. The van der Waals surface area contributed by atoms with Crippen molar-refractivity contribution in [2.45, 2.75) is 38.8 Å². The fourth-order valence-corrected chi connectivity index (χ4v) is 2.11. The van der Waals surface area contributed by atoms with Gasteiger partial charge in [-0.1, -0.05) is 18.2 Å². The molecule has 1 aromatic carbocycles. The molecule has 0 aliphatic carbocycles. The highest BCUT2D eigenvalue weighted by Gasteiger charge is 2.27. The van der Waals surface area contributed by atoms with Gasteiger partial charge >= 0.3 is 0 Å². The van der Waals surface area contributed by atoms with E-state index in [1.54, 1.807) is 25.1 Å². The van der Waals surface area contributed by atoms with Gasteiger partial charge in [-0.05, 0) is 32.9 Å². The average Bonchev–Trinajstić information content (AvgIpc) is 2.77. The Morgan fingerprint density at radius 2 is 2.00 bits per heavy atom. The first-order chi connectivity index (χ1) is 8.90. The number of rotatable bonds is 4. The Bertz CT molecular complexity index is 561. The van der Waals surface area contributed by atoms with Gasteiger partial charge in [0.15, 0.2) is 0 Å². The first-order valence-corrected chi connectivity index (χ1v) is 6.41. The first kappa shape index (κ1) is 13.7. The molecule has 1 N–H and O–H groups in total. The number of hydrogen-bond donors (Lipinski definition) is 1. The van der Waals surface area contributed by atoms with E-state index in [1.165, 1.54) is 6.07 Å². The molecule has 3 nitrogen and oxygen atoms in total. The molecular formula is C15H19FN2O. The molecule has 0 fully saturated rings. The van der Waals surface area contributed by atoms with Crippen molar-refractivity contribution in [2.75, 3.05) is 0 Å². The first-order valence-electron chi connectivity index (χ1n) is 6.41. The van der Waals surface area contributed by atoms with Gasteiger partial charge in [-0.15, -0.1) is 0 Å². The van der Waals surface area contributed by atoms with Gasteiger partial charge in [0, 0.05) is 24.2 Å². The fourth-order valence-electron chi connectivity index (χ4n) is 2.11. The third-order valence-corrected chi connectivity index (χ3v) is 3.17. The van der Waals surface area contributed by atoms with Crippen LogP contribution in [0.4, 0.5) is 4.39 Å². The highest BCUT2D eigenvalue weighted by molar-refractivity contribution is 5.25. The summed E-state index contributed by atoms with van der Waals surface area (Å²) in [5, 5.41) is 14.9. The molecule has 1 atom stereocenters. The number of benzene rings is 1. The summed E-state index contributed by atoms with van der Waals surface area (Å²) in [5.41, 5.74) is -0.210. The van der Waals surface area contributed by atoms with Gasteiger partial charge in [0.1, 0.15) is 5.82 Å². The third-order valence-electron chi connectivity index (χ3n) is 3.17. The number of hydrogen-bond acceptors (Lipinski definition) is 2. The minimum absolute atomic E-state index is 0.271. The van der Waals surface area contributed by atoms with E-state index in [0.29, 0.717) is 5.56 Å². The summed E-state index contributed by atoms with van der Waals surface area (Å²) in [4.78, 5) is 0. The molecule has 4 heteroatoms. The third kappa shape index (κ3) is 3.01. The maximum atomic E-state index is 13.7. The number of aliphatic hydroxyl groups is 1. The van der Waals surface area contributed by atoms with Crippen LogP contribution in [-0.4, -0.2) is 14.9 Å². The standard InChI is InChI=1S/C15H19FN2O/c1-11(2)18-9-8-12(17-18)10-15(3,19)13-6-4-5-7-14(13)16/h4-9,11,19H,10H2,1-3H3. The van der Waals surface area contributed by atoms with Crippen molar-refractivity contribution in [3.8, 4) is 0 Å². The Morgan fingerprint density at radius 3 is 2.58 bits per heavy atom. The van der Waals surface area contributed by atoms with E-state index < -0.39 is 11.4 Å². The summed E-state index contributed by atoms with van der Waals surface area (Å²) >= 11 is 0. The van der Waals surface area contributed by atoms with Crippen LogP contribution in [0, 0.1) is 5.82 Å². The van der Waals surface area contributed by atoms with Gasteiger partial charge in [0.25, 0.3) is 0 Å². The fraction of sp³-hybridized carbons (Fsp3) is 0.400. The zero-order valence-electron chi connectivity index (χ0n) is 11.5. The lowest BCUT2D eigenvalue weighted by molar-refractivity contribution is 0.0526. The largest absolute Gasteiger partial charge is 0.385 e. The van der Waals surface area contributed by atoms with Crippen molar-refractivity contribution in [1.29, 1.82) is 0 Å². The van der Waals surface area contributed by atoms with Crippen molar-refractivity contribution in [3.05, 3.63) is 53.6 Å². The van der Waals surface area contributed by atoms with Crippen molar-refractivity contribution < 1.29 is 9.50 Å². The van der Waals surface area contributed by atoms with Crippen LogP contribution in [-0.2, 0) is 12.0 Å². The van der Waals surface area contributed by atoms with Crippen molar-refractivity contribution in [1.82, 2.24) is 9.78 Å². The van der Waals surface area contributed by atoms with Crippen LogP contribution in [0.25, 0.3) is 0 Å². The molecule has 1 aromatic heterocycles. The van der Waals surface area contributed by atoms with Crippen LogP contribution < -0.4 is 0 Å². The molecule has 0 amide bonds. The molecule has 0 aliphatic rings. The van der Waals surface area contributed by atoms with Crippen molar-refractivity contribution in [3.63, 3.8) is 0 Å². The van der Waals surface area contributed by atoms with Crippen molar-refractivity contribution in [2.24, 2.45) is 0 Å². The van der Waals surface area contributed by atoms with Gasteiger partial charge in [-0.3, -0.25) is 4.68 Å². The second-order valence-electron chi connectivity index (χ2n) is 5.31. The van der Waals surface area contributed by atoms with Crippen LogP contribution in [0.3, 0.4) is 0 Å². The summed E-state index contributed by atoms with van der Waals surface area (Å²) in [7, 11) is 0. The Hall–Kier alpha value is -1.68. The molecule has 1 heterocycles. The molecule has 0 radical (unpaired) electrons. The Labute approximate surface area is 112 Å². The lowest BCUT2D eigenvalue weighted by atomic mass is 9.91. The van der Waals surface area contributed by atoms with E-state index >= 15 is 0 Å². The van der Waals surface area contributed by atoms with E-state index in [0.717, 1.165) is 5.69 Å². The molecule has 0 spiro atoms. The van der Waals surface area contributed by atoms with E-state index in [-0.39, 0.29) is 12.5 Å². The molecule has 2 aromatic rings. The average molecular weight is 262 g/mol. The van der Waals surface area contributed by atoms with Crippen LogP contribution in [0.2, 0.25) is 0 Å². The summed E-state index contributed by atoms with van der Waals surface area (Å²) in [6.07, 6.45) is 2.16. The number of halogens is 1. The summed E-state index contributed by atoms with van der Waals surface area (Å²) in [5.74, 6) is -0.393. The predicted molar refractivity (Wildman–Crippen MR) is 72.3 cm³/mol. The normalized spacial score (nSPS) is 14.6. The summed E-state index contributed by atoms with van der Waals surface area (Å²) in [6, 6.07) is 8.43. The van der Waals surface area contributed by atoms with Crippen LogP contribution in [0.1, 0.15) is 38.1 Å². The highest BCUT2D eigenvalue weighted by atomic mass is 19.1. The number of nitrogens with zero attached hydrogens (tertiary/aromatic N) is 2. The molecule has 19 heavy (non-hydrogen) atoms. The maximum absolute atomic E-state index is 13.7. The topological polar surface area (TPSA) is 38.0 Å².